The number of carbonyl (C=O) groups is 2. The highest BCUT2D eigenvalue weighted by molar-refractivity contribution is 5.86. The number of nitrogens with zero attached hydrogens (tertiary/aromatic N) is 1. The van der Waals surface area contributed by atoms with E-state index in [0.717, 1.165) is 17.5 Å². The van der Waals surface area contributed by atoms with Crippen LogP contribution in [0.3, 0.4) is 0 Å². The predicted molar refractivity (Wildman–Crippen MR) is 97.7 cm³/mol. The second kappa shape index (κ2) is 8.52. The zero-order chi connectivity index (χ0) is 18.4. The lowest BCUT2D eigenvalue weighted by Gasteiger charge is -2.23. The second-order valence-electron chi connectivity index (χ2n) is 6.33. The van der Waals surface area contributed by atoms with Gasteiger partial charge in [0.1, 0.15) is 18.4 Å². The molecule has 1 aliphatic heterocycles. The lowest BCUT2D eigenvalue weighted by molar-refractivity contribution is -0.154. The highest BCUT2D eigenvalue weighted by Crippen LogP contribution is 2.22. The van der Waals surface area contributed by atoms with Gasteiger partial charge in [-0.2, -0.15) is 0 Å². The molecule has 5 heteroatoms. The van der Waals surface area contributed by atoms with Gasteiger partial charge in [-0.1, -0.05) is 48.5 Å². The van der Waals surface area contributed by atoms with E-state index in [1.54, 1.807) is 12.0 Å². The maximum Gasteiger partial charge on any atom is 0.329 e. The Labute approximate surface area is 153 Å². The topological polar surface area (TPSA) is 55.8 Å². The molecule has 1 unspecified atom stereocenters. The molecule has 2 aromatic carbocycles. The van der Waals surface area contributed by atoms with Gasteiger partial charge in [0.15, 0.2) is 0 Å². The molecule has 1 fully saturated rings. The molecule has 0 aliphatic carbocycles. The summed E-state index contributed by atoms with van der Waals surface area (Å²) in [6, 6.07) is 16.5. The van der Waals surface area contributed by atoms with E-state index >= 15 is 0 Å². The maximum absolute atomic E-state index is 12.6. The number of carbonyl (C=O) groups excluding carboxylic acids is 2. The third-order valence-corrected chi connectivity index (χ3v) is 4.61. The van der Waals surface area contributed by atoms with Crippen LogP contribution in [0.2, 0.25) is 0 Å². The van der Waals surface area contributed by atoms with Gasteiger partial charge in [0.05, 0.1) is 13.5 Å². The first-order valence-corrected chi connectivity index (χ1v) is 8.81. The lowest BCUT2D eigenvalue weighted by Crippen LogP contribution is -2.42. The van der Waals surface area contributed by atoms with Gasteiger partial charge in [0.2, 0.25) is 5.91 Å². The number of likely N-dealkylation sites (tertiary alicyclic amines) is 1. The third kappa shape index (κ3) is 4.23. The van der Waals surface area contributed by atoms with Crippen LogP contribution in [0, 0.1) is 0 Å². The van der Waals surface area contributed by atoms with Crippen LogP contribution in [0.25, 0.3) is 0 Å². The van der Waals surface area contributed by atoms with Crippen molar-refractivity contribution < 1.29 is 19.1 Å². The zero-order valence-electron chi connectivity index (χ0n) is 14.9. The fourth-order valence-corrected chi connectivity index (χ4v) is 3.25. The molecule has 26 heavy (non-hydrogen) atoms. The summed E-state index contributed by atoms with van der Waals surface area (Å²) in [6.07, 6.45) is 1.76. The van der Waals surface area contributed by atoms with Gasteiger partial charge in [-0.05, 0) is 24.5 Å². The third-order valence-electron chi connectivity index (χ3n) is 4.61. The molecule has 1 atom stereocenters. The summed E-state index contributed by atoms with van der Waals surface area (Å²) in [5.74, 6) is 0.298. The summed E-state index contributed by atoms with van der Waals surface area (Å²) in [7, 11) is 1.58. The quantitative estimate of drug-likeness (QED) is 0.749. The monoisotopic (exact) mass is 353 g/mol. The Hall–Kier alpha value is -2.82. The van der Waals surface area contributed by atoms with Gasteiger partial charge in [0, 0.05) is 12.1 Å². The fraction of sp³-hybridized carbons (Fsp3) is 0.333. The first-order valence-electron chi connectivity index (χ1n) is 8.81. The molecule has 0 radical (unpaired) electrons. The average Bonchev–Trinajstić information content (AvgIpc) is 3.17. The molecule has 1 heterocycles. The Morgan fingerprint density at radius 3 is 2.58 bits per heavy atom. The number of benzene rings is 2. The van der Waals surface area contributed by atoms with Gasteiger partial charge >= 0.3 is 5.97 Å². The van der Waals surface area contributed by atoms with Crippen molar-refractivity contribution in [3.05, 3.63) is 65.7 Å². The van der Waals surface area contributed by atoms with Gasteiger partial charge in [-0.25, -0.2) is 4.79 Å². The molecule has 5 nitrogen and oxygen atoms in total. The van der Waals surface area contributed by atoms with Crippen LogP contribution in [0.5, 0.6) is 5.75 Å². The number of hydrogen-bond donors (Lipinski definition) is 0. The molecule has 1 aliphatic rings. The van der Waals surface area contributed by atoms with Gasteiger partial charge in [-0.3, -0.25) is 4.79 Å². The van der Waals surface area contributed by atoms with Crippen molar-refractivity contribution in [2.24, 2.45) is 0 Å². The lowest BCUT2D eigenvalue weighted by atomic mass is 10.1. The summed E-state index contributed by atoms with van der Waals surface area (Å²) >= 11 is 0. The summed E-state index contributed by atoms with van der Waals surface area (Å²) in [4.78, 5) is 26.8. The minimum atomic E-state index is -0.499. The van der Waals surface area contributed by atoms with Crippen molar-refractivity contribution in [3.8, 4) is 5.75 Å². The van der Waals surface area contributed by atoms with E-state index in [0.29, 0.717) is 25.1 Å². The Bertz CT molecular complexity index is 760. The Morgan fingerprint density at radius 1 is 1.08 bits per heavy atom. The molecule has 1 amide bonds. The van der Waals surface area contributed by atoms with Crippen molar-refractivity contribution in [2.45, 2.75) is 31.9 Å². The molecular weight excluding hydrogens is 330 g/mol. The standard InChI is InChI=1S/C21H23NO4/c1-25-19-12-6-5-10-17(19)15-26-21(24)18-11-7-13-22(18)20(23)14-16-8-3-2-4-9-16/h2-6,8-10,12,18H,7,11,13-15H2,1H3. The number of methoxy groups -OCH3 is 1. The molecular formula is C21H23NO4. The van der Waals surface area contributed by atoms with E-state index < -0.39 is 6.04 Å². The fourth-order valence-electron chi connectivity index (χ4n) is 3.25. The summed E-state index contributed by atoms with van der Waals surface area (Å²) in [5.41, 5.74) is 1.76. The smallest absolute Gasteiger partial charge is 0.329 e. The predicted octanol–water partition coefficient (Wildman–Crippen LogP) is 2.97. The van der Waals surface area contributed by atoms with Gasteiger partial charge in [0.25, 0.3) is 0 Å². The first-order chi connectivity index (χ1) is 12.7. The van der Waals surface area contributed by atoms with E-state index in [1.807, 2.05) is 54.6 Å². The van der Waals surface area contributed by atoms with Crippen molar-refractivity contribution in [2.75, 3.05) is 13.7 Å². The molecule has 136 valence electrons. The van der Waals surface area contributed by atoms with Crippen molar-refractivity contribution in [3.63, 3.8) is 0 Å². The number of esters is 1. The number of para-hydroxylation sites is 1. The largest absolute Gasteiger partial charge is 0.496 e. The Balaban J connectivity index is 1.60. The summed E-state index contributed by atoms with van der Waals surface area (Å²) < 4.78 is 10.7. The SMILES string of the molecule is COc1ccccc1COC(=O)C1CCCN1C(=O)Cc1ccccc1. The molecule has 3 rings (SSSR count). The van der Waals surface area contributed by atoms with Crippen LogP contribution in [-0.2, 0) is 27.4 Å². The van der Waals surface area contributed by atoms with Crippen molar-refractivity contribution >= 4 is 11.9 Å². The Kier molecular flexibility index (Phi) is 5.89. The second-order valence-corrected chi connectivity index (χ2v) is 6.33. The average molecular weight is 353 g/mol. The molecule has 0 bridgehead atoms. The van der Waals surface area contributed by atoms with Gasteiger partial charge < -0.3 is 14.4 Å². The molecule has 0 aromatic heterocycles. The van der Waals surface area contributed by atoms with E-state index in [9.17, 15) is 9.59 Å². The highest BCUT2D eigenvalue weighted by Gasteiger charge is 2.35. The van der Waals surface area contributed by atoms with Crippen LogP contribution >= 0.6 is 0 Å². The van der Waals surface area contributed by atoms with E-state index in [1.165, 1.54) is 0 Å². The molecule has 0 spiro atoms. The molecule has 0 saturated carbocycles. The Morgan fingerprint density at radius 2 is 1.81 bits per heavy atom. The van der Waals surface area contributed by atoms with Crippen LogP contribution in [0.4, 0.5) is 0 Å². The van der Waals surface area contributed by atoms with E-state index in [4.69, 9.17) is 9.47 Å². The minimum Gasteiger partial charge on any atom is -0.496 e. The molecule has 1 saturated heterocycles. The van der Waals surface area contributed by atoms with E-state index in [-0.39, 0.29) is 18.5 Å². The summed E-state index contributed by atoms with van der Waals surface area (Å²) in [6.45, 7) is 0.736. The van der Waals surface area contributed by atoms with Gasteiger partial charge in [-0.15, -0.1) is 0 Å². The van der Waals surface area contributed by atoms with Crippen LogP contribution in [-0.4, -0.2) is 36.5 Å². The van der Waals surface area contributed by atoms with Crippen LogP contribution in [0.15, 0.2) is 54.6 Å². The van der Waals surface area contributed by atoms with Crippen LogP contribution in [0.1, 0.15) is 24.0 Å². The van der Waals surface area contributed by atoms with Crippen molar-refractivity contribution in [1.82, 2.24) is 4.90 Å². The zero-order valence-corrected chi connectivity index (χ0v) is 14.9. The highest BCUT2D eigenvalue weighted by atomic mass is 16.5. The molecule has 2 aromatic rings. The summed E-state index contributed by atoms with van der Waals surface area (Å²) in [5, 5.41) is 0. The normalized spacial score (nSPS) is 16.3. The van der Waals surface area contributed by atoms with Crippen LogP contribution < -0.4 is 4.74 Å². The van der Waals surface area contributed by atoms with Crippen molar-refractivity contribution in [1.29, 1.82) is 0 Å². The molecule has 0 N–H and O–H groups in total. The number of rotatable bonds is 6. The number of hydrogen-bond acceptors (Lipinski definition) is 4. The maximum atomic E-state index is 12.6. The van der Waals surface area contributed by atoms with E-state index in [2.05, 4.69) is 0 Å². The number of ether oxygens (including phenoxy) is 2. The number of amides is 1. The minimum absolute atomic E-state index is 0.0343. The first kappa shape index (κ1) is 18.0.